The molecule has 0 spiro atoms. The topological polar surface area (TPSA) is 59.6 Å². The Labute approximate surface area is 123 Å². The molecule has 0 radical (unpaired) electrons. The van der Waals surface area contributed by atoms with E-state index in [1.54, 1.807) is 12.1 Å². The minimum atomic E-state index is -0.140. The predicted molar refractivity (Wildman–Crippen MR) is 78.8 cm³/mol. The van der Waals surface area contributed by atoms with Crippen LogP contribution in [0.4, 0.5) is 5.69 Å². The number of hydrogen-bond acceptors (Lipinski definition) is 4. The van der Waals surface area contributed by atoms with Gasteiger partial charge in [-0.05, 0) is 6.54 Å². The van der Waals surface area contributed by atoms with Crippen molar-refractivity contribution in [2.24, 2.45) is 5.92 Å². The Morgan fingerprint density at radius 2 is 2.00 bits per heavy atom. The van der Waals surface area contributed by atoms with Crippen molar-refractivity contribution in [2.45, 2.75) is 13.8 Å². The molecule has 0 aliphatic carbocycles. The van der Waals surface area contributed by atoms with Crippen LogP contribution in [0.3, 0.4) is 0 Å². The monoisotopic (exact) mass is 298 g/mol. The Morgan fingerprint density at radius 1 is 1.35 bits per heavy atom. The van der Waals surface area contributed by atoms with Gasteiger partial charge in [0.2, 0.25) is 5.91 Å². The first-order valence-electron chi connectivity index (χ1n) is 6.72. The van der Waals surface area contributed by atoms with Crippen molar-refractivity contribution >= 4 is 23.2 Å². The summed E-state index contributed by atoms with van der Waals surface area (Å²) in [6, 6.07) is 3.37. The summed E-state index contributed by atoms with van der Waals surface area (Å²) >= 11 is 6.15. The maximum Gasteiger partial charge on any atom is 0.228 e. The first-order valence-corrected chi connectivity index (χ1v) is 7.10. The highest BCUT2D eigenvalue weighted by Gasteiger charge is 2.18. The fraction of sp³-hybridized carbons (Fsp3) is 0.500. The second-order valence-corrected chi connectivity index (χ2v) is 5.08. The molecule has 2 rings (SSSR count). The van der Waals surface area contributed by atoms with Crippen LogP contribution in [0.15, 0.2) is 12.1 Å². The van der Waals surface area contributed by atoms with E-state index in [4.69, 9.17) is 21.1 Å². The van der Waals surface area contributed by atoms with Crippen LogP contribution in [-0.2, 0) is 4.79 Å². The molecule has 1 heterocycles. The van der Waals surface area contributed by atoms with Gasteiger partial charge in [-0.15, -0.1) is 0 Å². The van der Waals surface area contributed by atoms with Gasteiger partial charge in [-0.3, -0.25) is 4.79 Å². The van der Waals surface area contributed by atoms with Crippen molar-refractivity contribution in [1.82, 2.24) is 5.32 Å². The zero-order valence-corrected chi connectivity index (χ0v) is 12.4. The van der Waals surface area contributed by atoms with E-state index >= 15 is 0 Å². The van der Waals surface area contributed by atoms with Gasteiger partial charge in [-0.2, -0.15) is 0 Å². The standard InChI is InChI=1S/C14H19ClN2O3/c1-3-16-8-9(2)14(18)17-11-7-13-12(6-10(11)15)19-4-5-20-13/h6-7,9,16H,3-5,8H2,1-2H3,(H,17,18). The minimum Gasteiger partial charge on any atom is -0.486 e. The Morgan fingerprint density at radius 3 is 2.65 bits per heavy atom. The maximum atomic E-state index is 12.1. The van der Waals surface area contributed by atoms with Crippen LogP contribution < -0.4 is 20.1 Å². The zero-order chi connectivity index (χ0) is 14.5. The normalized spacial score (nSPS) is 14.8. The Kier molecular flexibility index (Phi) is 5.09. The van der Waals surface area contributed by atoms with E-state index in [1.807, 2.05) is 13.8 Å². The molecule has 1 aromatic rings. The summed E-state index contributed by atoms with van der Waals surface area (Å²) in [5.41, 5.74) is 0.546. The number of nitrogens with one attached hydrogen (secondary N) is 2. The van der Waals surface area contributed by atoms with Gasteiger partial charge < -0.3 is 20.1 Å². The summed E-state index contributed by atoms with van der Waals surface area (Å²) < 4.78 is 10.9. The van der Waals surface area contributed by atoms with Gasteiger partial charge in [0.05, 0.1) is 10.7 Å². The molecule has 5 nitrogen and oxygen atoms in total. The lowest BCUT2D eigenvalue weighted by molar-refractivity contribution is -0.119. The second-order valence-electron chi connectivity index (χ2n) is 4.67. The van der Waals surface area contributed by atoms with Gasteiger partial charge in [-0.1, -0.05) is 25.4 Å². The van der Waals surface area contributed by atoms with Crippen LogP contribution in [0.2, 0.25) is 5.02 Å². The quantitative estimate of drug-likeness (QED) is 0.876. The largest absolute Gasteiger partial charge is 0.486 e. The average molecular weight is 299 g/mol. The maximum absolute atomic E-state index is 12.1. The summed E-state index contributed by atoms with van der Waals surface area (Å²) in [7, 11) is 0. The number of hydrogen-bond donors (Lipinski definition) is 2. The van der Waals surface area contributed by atoms with Crippen molar-refractivity contribution in [3.8, 4) is 11.5 Å². The SMILES string of the molecule is CCNCC(C)C(=O)Nc1cc2c(cc1Cl)OCCO2. The fourth-order valence-corrected chi connectivity index (χ4v) is 2.07. The van der Waals surface area contributed by atoms with Gasteiger partial charge in [0.15, 0.2) is 11.5 Å². The molecule has 6 heteroatoms. The Bertz CT molecular complexity index is 494. The minimum absolute atomic E-state index is 0.0791. The zero-order valence-electron chi connectivity index (χ0n) is 11.7. The highest BCUT2D eigenvalue weighted by molar-refractivity contribution is 6.34. The molecule has 1 aliphatic rings. The molecule has 20 heavy (non-hydrogen) atoms. The van der Waals surface area contributed by atoms with Crippen LogP contribution >= 0.6 is 11.6 Å². The van der Waals surface area contributed by atoms with Gasteiger partial charge >= 0.3 is 0 Å². The predicted octanol–water partition coefficient (Wildman–Crippen LogP) is 2.30. The summed E-state index contributed by atoms with van der Waals surface area (Å²) in [5, 5.41) is 6.41. The van der Waals surface area contributed by atoms with Crippen molar-refractivity contribution in [2.75, 3.05) is 31.6 Å². The Balaban J connectivity index is 2.07. The number of carbonyl (C=O) groups excluding carboxylic acids is 1. The van der Waals surface area contributed by atoms with Gasteiger partial charge in [-0.25, -0.2) is 0 Å². The molecule has 1 atom stereocenters. The number of anilines is 1. The molecular formula is C14H19ClN2O3. The third kappa shape index (κ3) is 3.55. The number of benzene rings is 1. The molecule has 1 aromatic carbocycles. The summed E-state index contributed by atoms with van der Waals surface area (Å²) in [6.07, 6.45) is 0. The van der Waals surface area contributed by atoms with E-state index < -0.39 is 0 Å². The third-order valence-corrected chi connectivity index (χ3v) is 3.35. The lowest BCUT2D eigenvalue weighted by Gasteiger charge is -2.20. The van der Waals surface area contributed by atoms with E-state index in [9.17, 15) is 4.79 Å². The van der Waals surface area contributed by atoms with Crippen LogP contribution in [-0.4, -0.2) is 32.2 Å². The first-order chi connectivity index (χ1) is 9.61. The number of halogens is 1. The molecule has 0 saturated carbocycles. The molecule has 110 valence electrons. The summed E-state index contributed by atoms with van der Waals surface area (Å²) in [5.74, 6) is 0.999. The summed E-state index contributed by atoms with van der Waals surface area (Å²) in [4.78, 5) is 12.1. The van der Waals surface area contributed by atoms with Crippen molar-refractivity contribution in [3.05, 3.63) is 17.2 Å². The highest BCUT2D eigenvalue weighted by Crippen LogP contribution is 2.38. The van der Waals surface area contributed by atoms with E-state index in [-0.39, 0.29) is 11.8 Å². The van der Waals surface area contributed by atoms with Crippen LogP contribution in [0.1, 0.15) is 13.8 Å². The molecule has 0 bridgehead atoms. The average Bonchev–Trinajstić information content (AvgIpc) is 2.45. The van der Waals surface area contributed by atoms with Crippen molar-refractivity contribution in [3.63, 3.8) is 0 Å². The smallest absolute Gasteiger partial charge is 0.228 e. The number of ether oxygens (including phenoxy) is 2. The Hall–Kier alpha value is -1.46. The van der Waals surface area contributed by atoms with Gasteiger partial charge in [0.1, 0.15) is 13.2 Å². The molecule has 1 amide bonds. The van der Waals surface area contributed by atoms with Crippen molar-refractivity contribution in [1.29, 1.82) is 0 Å². The van der Waals surface area contributed by atoms with Crippen LogP contribution in [0, 0.1) is 5.92 Å². The van der Waals surface area contributed by atoms with E-state index in [0.29, 0.717) is 42.0 Å². The van der Waals surface area contributed by atoms with Gasteiger partial charge in [0.25, 0.3) is 0 Å². The van der Waals surface area contributed by atoms with Crippen LogP contribution in [0.5, 0.6) is 11.5 Å². The number of fused-ring (bicyclic) bond motifs is 1. The van der Waals surface area contributed by atoms with E-state index in [0.717, 1.165) is 6.54 Å². The lowest BCUT2D eigenvalue weighted by Crippen LogP contribution is -2.30. The molecule has 1 aliphatic heterocycles. The second kappa shape index (κ2) is 6.81. The molecule has 1 unspecified atom stereocenters. The molecule has 0 saturated heterocycles. The third-order valence-electron chi connectivity index (χ3n) is 3.04. The molecular weight excluding hydrogens is 280 g/mol. The van der Waals surface area contributed by atoms with E-state index in [2.05, 4.69) is 10.6 Å². The van der Waals surface area contributed by atoms with E-state index in [1.165, 1.54) is 0 Å². The molecule has 2 N–H and O–H groups in total. The number of rotatable bonds is 5. The molecule has 0 aromatic heterocycles. The first kappa shape index (κ1) is 14.9. The lowest BCUT2D eigenvalue weighted by atomic mass is 10.1. The molecule has 0 fully saturated rings. The fourth-order valence-electron chi connectivity index (χ4n) is 1.87. The van der Waals surface area contributed by atoms with Crippen molar-refractivity contribution < 1.29 is 14.3 Å². The number of amides is 1. The van der Waals surface area contributed by atoms with Gasteiger partial charge in [0, 0.05) is 24.6 Å². The highest BCUT2D eigenvalue weighted by atomic mass is 35.5. The van der Waals surface area contributed by atoms with Crippen LogP contribution in [0.25, 0.3) is 0 Å². The summed E-state index contributed by atoms with van der Waals surface area (Å²) in [6.45, 7) is 6.34. The number of carbonyl (C=O) groups is 1.